The van der Waals surface area contributed by atoms with Gasteiger partial charge < -0.3 is 19.5 Å². The number of hydrogen-bond donors (Lipinski definition) is 1. The highest BCUT2D eigenvalue weighted by atomic mass is 35.5. The van der Waals surface area contributed by atoms with Crippen LogP contribution in [0.5, 0.6) is 11.5 Å². The molecule has 35 heavy (non-hydrogen) atoms. The molecular formula is C26H26ClN3O5. The van der Waals surface area contributed by atoms with Gasteiger partial charge >= 0.3 is 5.97 Å². The predicted molar refractivity (Wildman–Crippen MR) is 131 cm³/mol. The summed E-state index contributed by atoms with van der Waals surface area (Å²) in [6, 6.07) is 13.5. The van der Waals surface area contributed by atoms with E-state index in [1.165, 1.54) is 18.6 Å². The minimum absolute atomic E-state index is 0.184. The summed E-state index contributed by atoms with van der Waals surface area (Å²) in [6.07, 6.45) is 1.82. The first-order valence-corrected chi connectivity index (χ1v) is 11.5. The van der Waals surface area contributed by atoms with Gasteiger partial charge in [0.1, 0.15) is 5.15 Å². The molecule has 1 aliphatic heterocycles. The summed E-state index contributed by atoms with van der Waals surface area (Å²) in [7, 11) is 0. The maximum atomic E-state index is 12.4. The zero-order chi connectivity index (χ0) is 24.9. The molecule has 1 atom stereocenters. The molecule has 2 heterocycles. The molecule has 9 heteroatoms. The third-order valence-corrected chi connectivity index (χ3v) is 5.91. The topological polar surface area (TPSA) is 91.7 Å². The summed E-state index contributed by atoms with van der Waals surface area (Å²) in [5.74, 6) is 0.240. The number of nitrogens with zero attached hydrogens (tertiary/aromatic N) is 2. The van der Waals surface area contributed by atoms with E-state index < -0.39 is 18.0 Å². The standard InChI is InChI=1S/C26H26ClN3O5/c1-16-4-6-19(7-5-16)14-30-25(27)21(17(2)29-30)9-11-24(31)35-18(3)26(32)28-13-20-8-10-22-23(12-20)34-15-33-22/h4-12,18H,13-15H2,1-3H3,(H,28,32)/b11-9+. The summed E-state index contributed by atoms with van der Waals surface area (Å²) < 4.78 is 17.5. The molecule has 3 aromatic rings. The molecular weight excluding hydrogens is 470 g/mol. The summed E-state index contributed by atoms with van der Waals surface area (Å²) in [4.78, 5) is 24.7. The van der Waals surface area contributed by atoms with Gasteiger partial charge in [-0.2, -0.15) is 5.10 Å². The van der Waals surface area contributed by atoms with Crippen molar-refractivity contribution in [3.63, 3.8) is 0 Å². The third kappa shape index (κ3) is 6.02. The highest BCUT2D eigenvalue weighted by molar-refractivity contribution is 6.31. The first-order valence-electron chi connectivity index (χ1n) is 11.1. The molecule has 0 aliphatic carbocycles. The summed E-state index contributed by atoms with van der Waals surface area (Å²) in [5.41, 5.74) is 4.38. The Kier molecular flexibility index (Phi) is 7.41. The molecule has 1 unspecified atom stereocenters. The van der Waals surface area contributed by atoms with Crippen LogP contribution in [-0.2, 0) is 27.4 Å². The first-order chi connectivity index (χ1) is 16.8. The van der Waals surface area contributed by atoms with Crippen molar-refractivity contribution in [1.29, 1.82) is 0 Å². The fourth-order valence-corrected chi connectivity index (χ4v) is 3.83. The molecule has 0 bridgehead atoms. The van der Waals surface area contributed by atoms with Crippen molar-refractivity contribution in [3.05, 3.63) is 81.6 Å². The van der Waals surface area contributed by atoms with Crippen LogP contribution in [0.1, 0.15) is 34.9 Å². The molecule has 182 valence electrons. The van der Waals surface area contributed by atoms with E-state index in [2.05, 4.69) is 10.4 Å². The molecule has 4 rings (SSSR count). The van der Waals surface area contributed by atoms with Gasteiger partial charge in [0.2, 0.25) is 6.79 Å². The molecule has 0 saturated carbocycles. The lowest BCUT2D eigenvalue weighted by molar-refractivity contribution is -0.150. The van der Waals surface area contributed by atoms with E-state index in [0.717, 1.165) is 11.1 Å². The molecule has 8 nitrogen and oxygen atoms in total. The van der Waals surface area contributed by atoms with Gasteiger partial charge in [0, 0.05) is 18.2 Å². The molecule has 0 saturated heterocycles. The maximum Gasteiger partial charge on any atom is 0.331 e. The van der Waals surface area contributed by atoms with Crippen molar-refractivity contribution in [1.82, 2.24) is 15.1 Å². The molecule has 2 aromatic carbocycles. The first kappa shape index (κ1) is 24.3. The molecule has 0 fully saturated rings. The molecule has 1 aliphatic rings. The summed E-state index contributed by atoms with van der Waals surface area (Å²) >= 11 is 6.50. The second kappa shape index (κ2) is 10.7. The van der Waals surface area contributed by atoms with Gasteiger partial charge in [-0.1, -0.05) is 47.5 Å². The van der Waals surface area contributed by atoms with Crippen LogP contribution >= 0.6 is 11.6 Å². The SMILES string of the molecule is Cc1ccc(Cn2nc(C)c(/C=C/C(=O)OC(C)C(=O)NCc3ccc4c(c3)OCO4)c2Cl)cc1. The van der Waals surface area contributed by atoms with Gasteiger partial charge in [-0.15, -0.1) is 0 Å². The van der Waals surface area contributed by atoms with Crippen LogP contribution in [0.3, 0.4) is 0 Å². The van der Waals surface area contributed by atoms with Crippen molar-refractivity contribution in [2.24, 2.45) is 0 Å². The lowest BCUT2D eigenvalue weighted by atomic mass is 10.1. The Labute approximate surface area is 208 Å². The number of nitrogens with one attached hydrogen (secondary N) is 1. The lowest BCUT2D eigenvalue weighted by Crippen LogP contribution is -2.35. The highest BCUT2D eigenvalue weighted by Gasteiger charge is 2.18. The molecule has 1 amide bonds. The number of carbonyl (C=O) groups excluding carboxylic acids is 2. The second-order valence-electron chi connectivity index (χ2n) is 8.25. The van der Waals surface area contributed by atoms with Gasteiger partial charge in [-0.05, 0) is 50.1 Å². The van der Waals surface area contributed by atoms with Gasteiger partial charge in [0.25, 0.3) is 5.91 Å². The number of aryl methyl sites for hydroxylation is 2. The fraction of sp³-hybridized carbons (Fsp3) is 0.269. The van der Waals surface area contributed by atoms with Crippen LogP contribution in [0.2, 0.25) is 5.15 Å². The third-order valence-electron chi connectivity index (χ3n) is 5.51. The van der Waals surface area contributed by atoms with Crippen LogP contribution < -0.4 is 14.8 Å². The zero-order valence-electron chi connectivity index (χ0n) is 19.7. The number of aromatic nitrogens is 2. The monoisotopic (exact) mass is 495 g/mol. The average molecular weight is 496 g/mol. The molecule has 0 radical (unpaired) electrons. The Balaban J connectivity index is 1.30. The van der Waals surface area contributed by atoms with Gasteiger partial charge in [-0.25, -0.2) is 9.48 Å². The quantitative estimate of drug-likeness (QED) is 0.372. The van der Waals surface area contributed by atoms with Gasteiger partial charge in [-0.3, -0.25) is 4.79 Å². The number of benzene rings is 2. The van der Waals surface area contributed by atoms with Gasteiger partial charge in [0.15, 0.2) is 17.6 Å². The van der Waals surface area contributed by atoms with Crippen molar-refractivity contribution in [2.75, 3.05) is 6.79 Å². The van der Waals surface area contributed by atoms with Crippen molar-refractivity contribution < 1.29 is 23.8 Å². The number of rotatable bonds is 8. The minimum atomic E-state index is -0.970. The van der Waals surface area contributed by atoms with Crippen LogP contribution in [0.25, 0.3) is 6.08 Å². The van der Waals surface area contributed by atoms with Crippen molar-refractivity contribution in [3.8, 4) is 11.5 Å². The second-order valence-corrected chi connectivity index (χ2v) is 8.61. The zero-order valence-corrected chi connectivity index (χ0v) is 20.5. The number of esters is 1. The fourth-order valence-electron chi connectivity index (χ4n) is 3.53. The van der Waals surface area contributed by atoms with Crippen LogP contribution in [-0.4, -0.2) is 34.6 Å². The lowest BCUT2D eigenvalue weighted by Gasteiger charge is -2.12. The number of carbonyl (C=O) groups is 2. The van der Waals surface area contributed by atoms with Crippen molar-refractivity contribution >= 4 is 29.6 Å². The number of ether oxygens (including phenoxy) is 3. The Bertz CT molecular complexity index is 1270. The van der Waals surface area contributed by atoms with E-state index in [9.17, 15) is 9.59 Å². The largest absolute Gasteiger partial charge is 0.454 e. The van der Waals surface area contributed by atoms with E-state index in [1.807, 2.05) is 44.2 Å². The minimum Gasteiger partial charge on any atom is -0.454 e. The predicted octanol–water partition coefficient (Wildman–Crippen LogP) is 4.19. The molecule has 1 aromatic heterocycles. The van der Waals surface area contributed by atoms with E-state index in [0.29, 0.717) is 34.5 Å². The van der Waals surface area contributed by atoms with E-state index in [1.54, 1.807) is 22.9 Å². The van der Waals surface area contributed by atoms with Crippen LogP contribution in [0, 0.1) is 13.8 Å². The normalized spacial score (nSPS) is 13.1. The van der Waals surface area contributed by atoms with Crippen molar-refractivity contribution in [2.45, 2.75) is 40.0 Å². The van der Waals surface area contributed by atoms with E-state index >= 15 is 0 Å². The number of halogens is 1. The Morgan fingerprint density at radius 2 is 1.86 bits per heavy atom. The Morgan fingerprint density at radius 3 is 2.63 bits per heavy atom. The van der Waals surface area contributed by atoms with Crippen LogP contribution in [0.4, 0.5) is 0 Å². The Morgan fingerprint density at radius 1 is 1.14 bits per heavy atom. The highest BCUT2D eigenvalue weighted by Crippen LogP contribution is 2.32. The number of fused-ring (bicyclic) bond motifs is 1. The number of hydrogen-bond acceptors (Lipinski definition) is 6. The van der Waals surface area contributed by atoms with E-state index in [4.69, 9.17) is 25.8 Å². The summed E-state index contributed by atoms with van der Waals surface area (Å²) in [6.45, 7) is 6.32. The average Bonchev–Trinajstić information content (AvgIpc) is 3.41. The van der Waals surface area contributed by atoms with E-state index in [-0.39, 0.29) is 13.3 Å². The maximum absolute atomic E-state index is 12.4. The Hall–Kier alpha value is -3.78. The summed E-state index contributed by atoms with van der Waals surface area (Å²) in [5, 5.41) is 7.63. The van der Waals surface area contributed by atoms with Gasteiger partial charge in [0.05, 0.1) is 12.2 Å². The smallest absolute Gasteiger partial charge is 0.331 e. The molecule has 0 spiro atoms. The number of amides is 1. The van der Waals surface area contributed by atoms with Crippen LogP contribution in [0.15, 0.2) is 48.5 Å². The molecule has 1 N–H and O–H groups in total.